The normalized spacial score (nSPS) is 13.8. The van der Waals surface area contributed by atoms with Crippen molar-refractivity contribution in [2.75, 3.05) is 0 Å². The first-order valence-corrected chi connectivity index (χ1v) is 5.33. The monoisotopic (exact) mass is 236 g/mol. The number of carboxylic acids is 1. The molecule has 1 unspecified atom stereocenters. The number of carbonyl (C=O) groups is 2. The van der Waals surface area contributed by atoms with E-state index in [0.29, 0.717) is 5.56 Å². The zero-order valence-corrected chi connectivity index (χ0v) is 9.59. The number of nitrogens with one attached hydrogen (secondary N) is 1. The van der Waals surface area contributed by atoms with Crippen LogP contribution in [0.2, 0.25) is 0 Å². The molecular weight excluding hydrogens is 220 g/mol. The lowest BCUT2D eigenvalue weighted by molar-refractivity contribution is -0.142. The third-order valence-corrected chi connectivity index (χ3v) is 2.19. The molecule has 0 aromatic heterocycles. The van der Waals surface area contributed by atoms with Gasteiger partial charge in [0.25, 0.3) is 0 Å². The third kappa shape index (κ3) is 4.24. The van der Waals surface area contributed by atoms with Crippen molar-refractivity contribution in [3.05, 3.63) is 35.9 Å². The minimum absolute atomic E-state index is 0.108. The van der Waals surface area contributed by atoms with Gasteiger partial charge in [0.15, 0.2) is 6.04 Å². The molecule has 17 heavy (non-hydrogen) atoms. The predicted molar refractivity (Wildman–Crippen MR) is 63.2 cm³/mol. The number of carboxylic acid groups (broad SMARTS) is 1. The molecule has 0 heterocycles. The van der Waals surface area contributed by atoms with Gasteiger partial charge in [0, 0.05) is 12.5 Å². The summed E-state index contributed by atoms with van der Waals surface area (Å²) in [6, 6.07) is 7.23. The van der Waals surface area contributed by atoms with E-state index in [1.165, 1.54) is 0 Å². The number of benzene rings is 1. The largest absolute Gasteiger partial charge is 0.479 e. The van der Waals surface area contributed by atoms with Gasteiger partial charge in [-0.05, 0) is 12.5 Å². The maximum absolute atomic E-state index is 11.5. The molecule has 5 heteroatoms. The lowest BCUT2D eigenvalue weighted by Gasteiger charge is -2.15. The Balaban J connectivity index is 2.75. The molecule has 4 N–H and O–H groups in total. The van der Waals surface area contributed by atoms with Gasteiger partial charge in [-0.15, -0.1) is 0 Å². The van der Waals surface area contributed by atoms with Crippen LogP contribution in [-0.2, 0) is 9.59 Å². The molecule has 2 atom stereocenters. The summed E-state index contributed by atoms with van der Waals surface area (Å²) in [6.45, 7) is 1.69. The highest BCUT2D eigenvalue weighted by Gasteiger charge is 2.21. The van der Waals surface area contributed by atoms with E-state index in [2.05, 4.69) is 5.32 Å². The second-order valence-electron chi connectivity index (χ2n) is 3.93. The van der Waals surface area contributed by atoms with Crippen LogP contribution in [0.15, 0.2) is 30.3 Å². The average molecular weight is 236 g/mol. The number of hydrogen-bond donors (Lipinski definition) is 3. The average Bonchev–Trinajstić information content (AvgIpc) is 2.25. The first kappa shape index (κ1) is 13.2. The van der Waals surface area contributed by atoms with Gasteiger partial charge in [0.05, 0.1) is 0 Å². The quantitative estimate of drug-likeness (QED) is 0.700. The fraction of sp³-hybridized carbons (Fsp3) is 0.333. The molecule has 0 radical (unpaired) electrons. The first-order valence-electron chi connectivity index (χ1n) is 5.33. The highest BCUT2D eigenvalue weighted by atomic mass is 16.4. The predicted octanol–water partition coefficient (Wildman–Crippen LogP) is 0.666. The summed E-state index contributed by atoms with van der Waals surface area (Å²) in [5, 5.41) is 11.5. The summed E-state index contributed by atoms with van der Waals surface area (Å²) in [5.41, 5.74) is 6.02. The maximum atomic E-state index is 11.5. The van der Waals surface area contributed by atoms with Crippen molar-refractivity contribution in [3.63, 3.8) is 0 Å². The number of aliphatic carboxylic acids is 1. The minimum atomic E-state index is -1.09. The zero-order valence-electron chi connectivity index (χ0n) is 9.59. The fourth-order valence-electron chi connectivity index (χ4n) is 1.45. The van der Waals surface area contributed by atoms with E-state index in [1.807, 2.05) is 0 Å². The second kappa shape index (κ2) is 6.00. The summed E-state index contributed by atoms with van der Waals surface area (Å²) < 4.78 is 0. The molecule has 0 bridgehead atoms. The minimum Gasteiger partial charge on any atom is -0.479 e. The van der Waals surface area contributed by atoms with Crippen LogP contribution >= 0.6 is 0 Å². The lowest BCUT2D eigenvalue weighted by atomic mass is 10.1. The van der Waals surface area contributed by atoms with Crippen molar-refractivity contribution in [2.24, 2.45) is 5.73 Å². The molecule has 92 valence electrons. The van der Waals surface area contributed by atoms with Crippen LogP contribution in [-0.4, -0.2) is 23.0 Å². The number of nitrogens with two attached hydrogens (primary N) is 1. The lowest BCUT2D eigenvalue weighted by Crippen LogP contribution is -2.36. The molecule has 1 rings (SSSR count). The molecule has 0 saturated heterocycles. The number of rotatable bonds is 5. The molecular formula is C12H16N2O3. The van der Waals surface area contributed by atoms with E-state index < -0.39 is 12.0 Å². The Kier molecular flexibility index (Phi) is 4.66. The van der Waals surface area contributed by atoms with Gasteiger partial charge in [-0.25, -0.2) is 4.79 Å². The topological polar surface area (TPSA) is 92.4 Å². The van der Waals surface area contributed by atoms with E-state index >= 15 is 0 Å². The Morgan fingerprint density at radius 3 is 2.41 bits per heavy atom. The number of hydrogen-bond acceptors (Lipinski definition) is 3. The van der Waals surface area contributed by atoms with E-state index in [4.69, 9.17) is 10.8 Å². The van der Waals surface area contributed by atoms with Gasteiger partial charge >= 0.3 is 5.97 Å². The molecule has 0 fully saturated rings. The van der Waals surface area contributed by atoms with Crippen molar-refractivity contribution in [1.82, 2.24) is 5.32 Å². The molecule has 0 aliphatic carbocycles. The smallest absolute Gasteiger partial charge is 0.330 e. The van der Waals surface area contributed by atoms with Crippen molar-refractivity contribution >= 4 is 11.9 Å². The first-order chi connectivity index (χ1) is 8.00. The van der Waals surface area contributed by atoms with Gasteiger partial charge in [-0.3, -0.25) is 4.79 Å². The van der Waals surface area contributed by atoms with E-state index in [9.17, 15) is 9.59 Å². The highest BCUT2D eigenvalue weighted by Crippen LogP contribution is 2.12. The number of amides is 1. The third-order valence-electron chi connectivity index (χ3n) is 2.19. The Morgan fingerprint density at radius 1 is 1.35 bits per heavy atom. The molecule has 1 aromatic carbocycles. The van der Waals surface area contributed by atoms with Crippen LogP contribution in [0.1, 0.15) is 24.9 Å². The zero-order chi connectivity index (χ0) is 12.8. The van der Waals surface area contributed by atoms with Crippen LogP contribution < -0.4 is 11.1 Å². The van der Waals surface area contributed by atoms with Crippen LogP contribution in [0.3, 0.4) is 0 Å². The van der Waals surface area contributed by atoms with Gasteiger partial charge in [-0.2, -0.15) is 0 Å². The van der Waals surface area contributed by atoms with E-state index in [-0.39, 0.29) is 18.4 Å². The van der Waals surface area contributed by atoms with Crippen molar-refractivity contribution in [3.8, 4) is 0 Å². The maximum Gasteiger partial charge on any atom is 0.330 e. The fourth-order valence-corrected chi connectivity index (χ4v) is 1.45. The van der Waals surface area contributed by atoms with E-state index in [1.54, 1.807) is 37.3 Å². The van der Waals surface area contributed by atoms with Gasteiger partial charge in [-0.1, -0.05) is 30.3 Å². The summed E-state index contributed by atoms with van der Waals surface area (Å²) in [4.78, 5) is 22.6. The summed E-state index contributed by atoms with van der Waals surface area (Å²) >= 11 is 0. The molecule has 1 amide bonds. The van der Waals surface area contributed by atoms with Crippen molar-refractivity contribution < 1.29 is 14.7 Å². The molecule has 0 aliphatic heterocycles. The SMILES string of the molecule is CC(N)CC(=O)N[C@H](C(=O)O)c1ccccc1. The molecule has 0 saturated carbocycles. The van der Waals surface area contributed by atoms with Crippen LogP contribution in [0.25, 0.3) is 0 Å². The van der Waals surface area contributed by atoms with Gasteiger partial charge < -0.3 is 16.2 Å². The molecule has 0 spiro atoms. The van der Waals surface area contributed by atoms with Gasteiger partial charge in [0.1, 0.15) is 0 Å². The highest BCUT2D eigenvalue weighted by molar-refractivity contribution is 5.84. The van der Waals surface area contributed by atoms with Crippen molar-refractivity contribution in [2.45, 2.75) is 25.4 Å². The number of carbonyl (C=O) groups excluding carboxylic acids is 1. The van der Waals surface area contributed by atoms with Crippen LogP contribution in [0, 0.1) is 0 Å². The standard InChI is InChI=1S/C12H16N2O3/c1-8(13)7-10(15)14-11(12(16)17)9-5-3-2-4-6-9/h2-6,8,11H,7,13H2,1H3,(H,14,15)(H,16,17)/t8?,11-/m0/s1. The Labute approximate surface area is 99.6 Å². The van der Waals surface area contributed by atoms with Crippen molar-refractivity contribution in [1.29, 1.82) is 0 Å². The Morgan fingerprint density at radius 2 is 1.94 bits per heavy atom. The van der Waals surface area contributed by atoms with E-state index in [0.717, 1.165) is 0 Å². The summed E-state index contributed by atoms with van der Waals surface area (Å²) in [7, 11) is 0. The molecule has 1 aromatic rings. The summed E-state index contributed by atoms with van der Waals surface area (Å²) in [6.07, 6.45) is 0.108. The Hall–Kier alpha value is -1.88. The van der Waals surface area contributed by atoms with Crippen LogP contribution in [0.5, 0.6) is 0 Å². The summed E-state index contributed by atoms with van der Waals surface area (Å²) in [5.74, 6) is -1.45. The molecule has 0 aliphatic rings. The molecule has 5 nitrogen and oxygen atoms in total. The second-order valence-corrected chi connectivity index (χ2v) is 3.93. The van der Waals surface area contributed by atoms with Crippen LogP contribution in [0.4, 0.5) is 0 Å². The van der Waals surface area contributed by atoms with Gasteiger partial charge in [0.2, 0.25) is 5.91 Å². The Bertz CT molecular complexity index is 390.